The lowest BCUT2D eigenvalue weighted by molar-refractivity contribution is 0.171. The highest BCUT2D eigenvalue weighted by atomic mass is 19.1. The van der Waals surface area contributed by atoms with E-state index in [9.17, 15) is 4.39 Å². The fraction of sp³-hybridized carbons (Fsp3) is 0.312. The molecule has 4 nitrogen and oxygen atoms in total. The van der Waals surface area contributed by atoms with E-state index in [0.717, 1.165) is 24.1 Å². The van der Waals surface area contributed by atoms with Gasteiger partial charge in [-0.2, -0.15) is 0 Å². The number of likely N-dealkylation sites (N-methyl/N-ethyl adjacent to an activating group) is 1. The van der Waals surface area contributed by atoms with Gasteiger partial charge < -0.3 is 14.6 Å². The number of nitrogens with one attached hydrogen (secondary N) is 1. The molecule has 5 heteroatoms. The van der Waals surface area contributed by atoms with Gasteiger partial charge in [0, 0.05) is 11.8 Å². The molecule has 0 saturated heterocycles. The summed E-state index contributed by atoms with van der Waals surface area (Å²) in [7, 11) is 4.00. The fourth-order valence-electron chi connectivity index (χ4n) is 2.23. The van der Waals surface area contributed by atoms with Crippen molar-refractivity contribution in [2.24, 2.45) is 0 Å². The van der Waals surface area contributed by atoms with E-state index in [0.29, 0.717) is 11.3 Å². The predicted molar refractivity (Wildman–Crippen MR) is 79.1 cm³/mol. The molecular weight excluding hydrogens is 269 g/mol. The molecule has 1 N–H and O–H groups in total. The zero-order chi connectivity index (χ0) is 14.8. The summed E-state index contributed by atoms with van der Waals surface area (Å²) < 4.78 is 18.8. The van der Waals surface area contributed by atoms with Crippen LogP contribution in [0.25, 0.3) is 11.0 Å². The van der Waals surface area contributed by atoms with Crippen molar-refractivity contribution in [2.45, 2.75) is 12.5 Å². The molecule has 0 radical (unpaired) electrons. The number of nitrogens with zero attached hydrogens (tertiary/aromatic N) is 2. The first-order valence-corrected chi connectivity index (χ1v) is 6.76. The van der Waals surface area contributed by atoms with Gasteiger partial charge in [-0.1, -0.05) is 5.92 Å². The van der Waals surface area contributed by atoms with Crippen molar-refractivity contribution in [3.8, 4) is 11.8 Å². The number of ether oxygens (including phenoxy) is 1. The van der Waals surface area contributed by atoms with Crippen molar-refractivity contribution in [2.75, 3.05) is 20.6 Å². The van der Waals surface area contributed by atoms with Gasteiger partial charge in [0.05, 0.1) is 18.4 Å². The van der Waals surface area contributed by atoms with Gasteiger partial charge in [-0.05, 0) is 38.2 Å². The Kier molecular flexibility index (Phi) is 3.63. The van der Waals surface area contributed by atoms with Gasteiger partial charge in [0.1, 0.15) is 17.2 Å². The van der Waals surface area contributed by atoms with Crippen LogP contribution < -0.4 is 0 Å². The van der Waals surface area contributed by atoms with Gasteiger partial charge in [-0.25, -0.2) is 9.37 Å². The normalized spacial score (nSPS) is 17.5. The predicted octanol–water partition coefficient (Wildman–Crippen LogP) is 2.29. The average molecular weight is 285 g/mol. The largest absolute Gasteiger partial charge is 0.481 e. The lowest BCUT2D eigenvalue weighted by Gasteiger charge is -2.12. The van der Waals surface area contributed by atoms with E-state index in [-0.39, 0.29) is 11.9 Å². The number of aromatic nitrogens is 2. The van der Waals surface area contributed by atoms with Gasteiger partial charge in [0.2, 0.25) is 0 Å². The average Bonchev–Trinajstić information content (AvgIpc) is 3.01. The van der Waals surface area contributed by atoms with Crippen LogP contribution in [0, 0.1) is 17.7 Å². The van der Waals surface area contributed by atoms with Gasteiger partial charge in [-0.3, -0.25) is 0 Å². The van der Waals surface area contributed by atoms with Gasteiger partial charge in [0.25, 0.3) is 0 Å². The van der Waals surface area contributed by atoms with Crippen molar-refractivity contribution >= 4 is 11.0 Å². The van der Waals surface area contributed by atoms with Crippen LogP contribution in [0.15, 0.2) is 30.2 Å². The van der Waals surface area contributed by atoms with Crippen LogP contribution in [0.3, 0.4) is 0 Å². The third-order valence-corrected chi connectivity index (χ3v) is 3.13. The van der Waals surface area contributed by atoms with Crippen LogP contribution in [0.5, 0.6) is 0 Å². The summed E-state index contributed by atoms with van der Waals surface area (Å²) in [6.45, 7) is 0.785. The molecule has 3 rings (SSSR count). The lowest BCUT2D eigenvalue weighted by Crippen LogP contribution is -2.16. The number of hydrogen-bond acceptors (Lipinski definition) is 3. The first-order chi connectivity index (χ1) is 10.1. The summed E-state index contributed by atoms with van der Waals surface area (Å²) in [6, 6.07) is 3.23. The van der Waals surface area contributed by atoms with Crippen LogP contribution in [0.1, 0.15) is 12.1 Å². The molecule has 21 heavy (non-hydrogen) atoms. The number of hydrogen-bond donors (Lipinski definition) is 1. The molecule has 0 saturated carbocycles. The number of fused-ring (bicyclic) bond motifs is 1. The molecule has 0 bridgehead atoms. The maximum absolute atomic E-state index is 13.1. The van der Waals surface area contributed by atoms with E-state index >= 15 is 0 Å². The Hall–Kier alpha value is -2.32. The molecule has 0 unspecified atom stereocenters. The van der Waals surface area contributed by atoms with Gasteiger partial charge >= 0.3 is 0 Å². The second kappa shape index (κ2) is 5.58. The molecule has 108 valence electrons. The molecule has 1 atom stereocenters. The van der Waals surface area contributed by atoms with Crippen LogP contribution in [-0.2, 0) is 4.74 Å². The molecule has 1 aliphatic rings. The van der Waals surface area contributed by atoms with Crippen molar-refractivity contribution < 1.29 is 9.13 Å². The highest BCUT2D eigenvalue weighted by Gasteiger charge is 2.15. The van der Waals surface area contributed by atoms with E-state index in [1.165, 1.54) is 12.3 Å². The van der Waals surface area contributed by atoms with Crippen LogP contribution >= 0.6 is 0 Å². The number of halogens is 1. The summed E-state index contributed by atoms with van der Waals surface area (Å²) in [5, 5.41) is 0.720. The maximum atomic E-state index is 13.1. The first-order valence-electron chi connectivity index (χ1n) is 6.76. The van der Waals surface area contributed by atoms with E-state index in [2.05, 4.69) is 32.8 Å². The van der Waals surface area contributed by atoms with Crippen LogP contribution in [0.2, 0.25) is 0 Å². The molecule has 3 heterocycles. The minimum Gasteiger partial charge on any atom is -0.481 e. The van der Waals surface area contributed by atoms with Gasteiger partial charge in [0.15, 0.2) is 6.10 Å². The van der Waals surface area contributed by atoms with Crippen LogP contribution in [-0.4, -0.2) is 41.6 Å². The van der Waals surface area contributed by atoms with Gasteiger partial charge in [-0.15, -0.1) is 0 Å². The highest BCUT2D eigenvalue weighted by Crippen LogP contribution is 2.17. The Morgan fingerprint density at radius 1 is 1.48 bits per heavy atom. The summed E-state index contributed by atoms with van der Waals surface area (Å²) in [5.41, 5.74) is 1.35. The Morgan fingerprint density at radius 2 is 2.33 bits per heavy atom. The van der Waals surface area contributed by atoms with E-state index < -0.39 is 0 Å². The lowest BCUT2D eigenvalue weighted by atomic mass is 10.2. The number of H-pyrrole nitrogens is 1. The van der Waals surface area contributed by atoms with Crippen molar-refractivity contribution in [1.29, 1.82) is 0 Å². The monoisotopic (exact) mass is 285 g/mol. The van der Waals surface area contributed by atoms with E-state index in [1.54, 1.807) is 6.07 Å². The summed E-state index contributed by atoms with van der Waals surface area (Å²) in [6.07, 6.45) is 3.94. The van der Waals surface area contributed by atoms with Crippen molar-refractivity contribution in [3.05, 3.63) is 41.7 Å². The van der Waals surface area contributed by atoms with Crippen molar-refractivity contribution in [3.63, 3.8) is 0 Å². The molecule has 0 amide bonds. The Balaban J connectivity index is 1.70. The fourth-order valence-corrected chi connectivity index (χ4v) is 2.23. The topological polar surface area (TPSA) is 41.2 Å². The number of pyridine rings is 1. The summed E-state index contributed by atoms with van der Waals surface area (Å²) in [4.78, 5) is 9.09. The van der Waals surface area contributed by atoms with Crippen molar-refractivity contribution in [1.82, 2.24) is 14.9 Å². The maximum Gasteiger partial charge on any atom is 0.162 e. The minimum absolute atomic E-state index is 0.115. The molecule has 0 spiro atoms. The zero-order valence-electron chi connectivity index (χ0n) is 12.0. The van der Waals surface area contributed by atoms with E-state index in [1.807, 2.05) is 14.1 Å². The Bertz CT molecular complexity index is 752. The molecule has 2 aromatic rings. The number of aromatic amines is 1. The molecular formula is C16H16FN3O. The Morgan fingerprint density at radius 3 is 3.14 bits per heavy atom. The van der Waals surface area contributed by atoms with Crippen LogP contribution in [0.4, 0.5) is 4.39 Å². The summed E-state index contributed by atoms with van der Waals surface area (Å²) >= 11 is 0. The molecule has 0 aliphatic carbocycles. The Labute approximate surface area is 122 Å². The third kappa shape index (κ3) is 3.23. The molecule has 2 aromatic heterocycles. The quantitative estimate of drug-likeness (QED) is 0.861. The standard InChI is InChI=1S/C16H16FN3O/c1-20(2)10-15-6-5-14(21-15)4-3-13-8-11-7-12(17)9-18-16(11)19-13/h6-9,14H,5,10H2,1-2H3,(H,18,19)/t14-/m1/s1. The van der Waals surface area contributed by atoms with E-state index in [4.69, 9.17) is 4.74 Å². The molecule has 0 aromatic carbocycles. The number of rotatable bonds is 2. The highest BCUT2D eigenvalue weighted by molar-refractivity contribution is 5.77. The minimum atomic E-state index is -0.349. The molecule has 1 aliphatic heterocycles. The smallest absolute Gasteiger partial charge is 0.162 e. The second-order valence-electron chi connectivity index (χ2n) is 5.29. The summed E-state index contributed by atoms with van der Waals surface area (Å²) in [5.74, 6) is 6.72. The third-order valence-electron chi connectivity index (χ3n) is 3.13. The second-order valence-corrected chi connectivity index (χ2v) is 5.29. The zero-order valence-corrected chi connectivity index (χ0v) is 12.0. The molecule has 0 fully saturated rings. The SMILES string of the molecule is CN(C)CC1=CC[C@@H](C#Cc2cc3cc(F)cnc3[nH]2)O1. The first kappa shape index (κ1) is 13.7.